The molecule has 52 nitrogen and oxygen atoms in total. The summed E-state index contributed by atoms with van der Waals surface area (Å²) in [7, 11) is 10.5. The van der Waals surface area contributed by atoms with Crippen molar-refractivity contribution >= 4 is 157 Å². The standard InChI is InChI=1S/C11H14ClN5.C11H15ClN4O2.C11H13ClN4.C8H10ClN5O3S.C8H9ClN4O2S.C7H8ClN5O2S.C7H14N4O3.C7H13N3O2S.C5H8N2O2S/c1-16(2)11(15-8-13)17(3)7-9-4-5-10(12)14-6-9;1-3-15(11(13-2)8-16(17)18)7-9-4-5-10(12)14-6-9;1-3-16(9(2)15-8-13)7-10-4-5-11(12)14-6-10;1-12-4-17-5-13(8(12)11-14(15)16)3-6-2-10-7(9)18-6;9-8-11-3-6(16-8)4-12-2-1-10-7(12)5-13(14)15;8-6-10-3-5(16-6)4-12-2-1-9-7(12)11-13(14)15;1-8-7(10-11(12)13)9-4-6-2-3-14-5-6;1-13-5-4-9-3-2-8-7(9)6-10(11)12;8-7(9)4-5-6-2-1-3-10-5/h4-6H,7H2,1-3H3;4-6,8,13H,3,7H2,1-2H3;4-6H,3,7H2,1-2H3;2H,3-5H2,1H3;3,5,10H,1-2,4H2;3H,1-2,4H2,(H,9,11);6H,2-5H2,1H3,(H2,8,9,10);6,8H,2-5H2,1H3;4,6H,1-3H2/b;11-8+;;11-8+;7-5+;;;;. The van der Waals surface area contributed by atoms with Crippen molar-refractivity contribution in [2.75, 3.05) is 159 Å². The van der Waals surface area contributed by atoms with Gasteiger partial charge in [-0.15, -0.1) is 50.8 Å². The highest BCUT2D eigenvalue weighted by molar-refractivity contribution is 8.03. The maximum Gasteiger partial charge on any atom is 0.277 e. The predicted octanol–water partition coefficient (Wildman–Crippen LogP) is 9.42. The molecule has 1 atom stereocenters. The van der Waals surface area contributed by atoms with Crippen LogP contribution in [0.1, 0.15) is 64.9 Å². The summed E-state index contributed by atoms with van der Waals surface area (Å²) in [5.41, 5.74) is 2.98. The largest absolute Gasteiger partial charge is 0.381 e. The van der Waals surface area contributed by atoms with Crippen molar-refractivity contribution in [3.05, 3.63) is 252 Å². The Morgan fingerprint density at radius 3 is 1.53 bits per heavy atom. The van der Waals surface area contributed by atoms with E-state index in [0.29, 0.717) is 148 Å². The Balaban J connectivity index is 0.000000325. The summed E-state index contributed by atoms with van der Waals surface area (Å²) < 4.78 is 11.8. The number of amidine groups is 1. The number of aliphatic imine (C=N–C) groups is 2. The van der Waals surface area contributed by atoms with E-state index in [1.165, 1.54) is 45.8 Å². The van der Waals surface area contributed by atoms with Gasteiger partial charge in [-0.1, -0.05) is 87.8 Å². The Kier molecular flexibility index (Phi) is 56.5. The number of nitrogens with one attached hydrogen (secondary N) is 7. The van der Waals surface area contributed by atoms with Gasteiger partial charge in [-0.05, 0) is 74.8 Å². The van der Waals surface area contributed by atoms with Crippen LogP contribution in [-0.2, 0) is 48.7 Å². The number of hydrogen-bond donors (Lipinski definition) is 7. The van der Waals surface area contributed by atoms with Crippen molar-refractivity contribution in [1.82, 2.24) is 111 Å². The molecular weight excluding hydrogens is 2030 g/mol. The van der Waals surface area contributed by atoms with Crippen LogP contribution in [0.2, 0.25) is 28.9 Å². The lowest BCUT2D eigenvalue weighted by Crippen LogP contribution is -2.49. The fourth-order valence-corrected chi connectivity index (χ4v) is 16.4. The van der Waals surface area contributed by atoms with E-state index in [1.807, 2.05) is 90.9 Å². The number of thioether (sulfide) groups is 2. The Hall–Kier alpha value is -12.4. The van der Waals surface area contributed by atoms with Crippen LogP contribution in [0, 0.1) is 99.6 Å². The average molecular weight is 2140 g/mol. The van der Waals surface area contributed by atoms with Gasteiger partial charge < -0.3 is 90.8 Å². The van der Waals surface area contributed by atoms with Gasteiger partial charge in [-0.25, -0.2) is 60.2 Å². The molecule has 7 N–H and O–H groups in total. The van der Waals surface area contributed by atoms with Crippen molar-refractivity contribution < 1.29 is 44.3 Å². The zero-order valence-corrected chi connectivity index (χ0v) is 84.9. The molecule has 6 aromatic heterocycles. The Labute approximate surface area is 844 Å². The van der Waals surface area contributed by atoms with E-state index in [0.717, 1.165) is 126 Å². The number of aromatic nitrogens is 6. The molecule has 6 aliphatic heterocycles. The van der Waals surface area contributed by atoms with Crippen molar-refractivity contribution in [3.8, 4) is 12.4 Å². The zero-order chi connectivity index (χ0) is 102. The summed E-state index contributed by atoms with van der Waals surface area (Å²) in [6.07, 6.45) is 21.7. The third-order valence-electron chi connectivity index (χ3n) is 17.9. The molecule has 0 aliphatic carbocycles. The maximum absolute atomic E-state index is 10.5. The molecule has 6 saturated heterocycles. The Bertz CT molecular complexity index is 5120. The van der Waals surface area contributed by atoms with Crippen molar-refractivity contribution in [3.63, 3.8) is 0 Å². The minimum Gasteiger partial charge on any atom is -0.381 e. The van der Waals surface area contributed by atoms with Crippen molar-refractivity contribution in [2.24, 2.45) is 31.2 Å². The van der Waals surface area contributed by atoms with Crippen LogP contribution in [0.4, 0.5) is 0 Å². The molecule has 6 aliphatic rings. The van der Waals surface area contributed by atoms with E-state index in [4.69, 9.17) is 89.6 Å². The normalized spacial score (nSPS) is 16.3. The van der Waals surface area contributed by atoms with Gasteiger partial charge >= 0.3 is 0 Å². The highest BCUT2D eigenvalue weighted by Crippen LogP contribution is 2.25. The maximum atomic E-state index is 10.5. The number of guanidine groups is 4. The second-order valence-electron chi connectivity index (χ2n) is 28.1. The van der Waals surface area contributed by atoms with Crippen LogP contribution in [0.15, 0.2) is 146 Å². The number of nitrogens with zero attached hydrogens (tertiary/aromatic N) is 29. The Morgan fingerprint density at radius 2 is 1.10 bits per heavy atom. The first kappa shape index (κ1) is 118. The van der Waals surface area contributed by atoms with Gasteiger partial charge in [0.15, 0.2) is 46.0 Å². The summed E-state index contributed by atoms with van der Waals surface area (Å²) in [5.74, 6) is 6.06. The molecule has 6 fully saturated rings. The van der Waals surface area contributed by atoms with Crippen molar-refractivity contribution in [1.29, 1.82) is 10.5 Å². The van der Waals surface area contributed by atoms with Crippen LogP contribution in [0.25, 0.3) is 0 Å². The molecule has 6 aromatic rings. The summed E-state index contributed by atoms with van der Waals surface area (Å²) >= 11 is 41.6. The molecule has 0 saturated carbocycles. The van der Waals surface area contributed by atoms with Gasteiger partial charge in [0.1, 0.15) is 55.1 Å². The van der Waals surface area contributed by atoms with Crippen LogP contribution in [0.5, 0.6) is 0 Å². The molecule has 12 heterocycles. The number of pyridine rings is 3. The van der Waals surface area contributed by atoms with E-state index < -0.39 is 34.8 Å². The molecule has 0 amide bonds. The minimum absolute atomic E-state index is 0.182. The van der Waals surface area contributed by atoms with E-state index in [-0.39, 0.29) is 31.3 Å². The lowest BCUT2D eigenvalue weighted by atomic mass is 10.1. The second-order valence-corrected chi connectivity index (χ2v) is 36.5. The topological polar surface area (TPSA) is 621 Å². The van der Waals surface area contributed by atoms with Gasteiger partial charge in [0.25, 0.3) is 42.7 Å². The van der Waals surface area contributed by atoms with E-state index in [2.05, 4.69) is 92.4 Å². The molecule has 138 heavy (non-hydrogen) atoms. The monoisotopic (exact) mass is 2130 g/mol. The van der Waals surface area contributed by atoms with Gasteiger partial charge in [0, 0.05) is 210 Å². The first-order valence-corrected chi connectivity index (χ1v) is 48.0. The van der Waals surface area contributed by atoms with Crippen LogP contribution >= 0.6 is 127 Å². The molecule has 752 valence electrons. The zero-order valence-electron chi connectivity index (χ0n) is 76.3. The summed E-state index contributed by atoms with van der Waals surface area (Å²) in [4.78, 5) is 121. The summed E-state index contributed by atoms with van der Waals surface area (Å²) in [6.45, 7) is 19.4. The van der Waals surface area contributed by atoms with E-state index in [9.17, 15) is 70.8 Å². The third-order valence-corrected chi connectivity index (χ3v) is 23.6. The SMILES string of the molecule is CCN(Cc1ccc(Cl)nc1)/C(=C/[N+](=O)[O-])NC.CCN(Cc1ccc(Cl)nc1)C(C)=NC#N.CN(C)C(=NC#N)N(C)Cc1ccc(Cl)nc1.CN/C(=N\[N+](=O)[O-])NCC1CCOC1.CN1COCN(Cc2cnc(Cl)s2)/C1=N/[N+](=O)[O-].CSCCN1CCNC1=C[N+](=O)[O-].O=[N+]([O-])/C=C1\NCCN1Cc1cnc(Cl)s1.O=[N+]([O-])/N=C1\NCCN1Cc1cnc(Cl)s1.O=[N+]([O-])C=C1NCCCS1. The number of hydrogen-bond acceptors (Lipinski definition) is 38. The number of hydrazone groups is 3. The summed E-state index contributed by atoms with van der Waals surface area (Å²) in [5, 5.41) is 119. The smallest absolute Gasteiger partial charge is 0.277 e. The van der Waals surface area contributed by atoms with E-state index in [1.54, 1.807) is 120 Å². The predicted molar refractivity (Wildman–Crippen MR) is 531 cm³/mol. The fourth-order valence-electron chi connectivity index (χ4n) is 11.8. The van der Waals surface area contributed by atoms with Crippen LogP contribution < -0.4 is 37.2 Å². The highest BCUT2D eigenvalue weighted by atomic mass is 35.5. The molecule has 0 aromatic carbocycles. The van der Waals surface area contributed by atoms with Gasteiger partial charge in [0.05, 0.1) is 45.9 Å². The Morgan fingerprint density at radius 1 is 0.601 bits per heavy atom. The minimum atomic E-state index is -0.732. The number of rotatable bonds is 28. The lowest BCUT2D eigenvalue weighted by molar-refractivity contribution is -0.486. The van der Waals surface area contributed by atoms with Gasteiger partial charge in [0.2, 0.25) is 18.3 Å². The number of halogens is 6. The summed E-state index contributed by atoms with van der Waals surface area (Å²) in [6, 6.07) is 10.8. The molecule has 0 radical (unpaired) electrons. The quantitative estimate of drug-likeness (QED) is 0.00600. The highest BCUT2D eigenvalue weighted by Gasteiger charge is 2.28. The molecule has 0 spiro atoms. The first-order valence-electron chi connectivity index (χ1n) is 40.9. The number of nitro groups is 7. The number of nitriles is 2. The molecule has 0 bridgehead atoms. The molecule has 1 unspecified atom stereocenters. The first-order chi connectivity index (χ1) is 65.9. The van der Waals surface area contributed by atoms with Crippen molar-refractivity contribution in [2.45, 2.75) is 72.9 Å². The van der Waals surface area contributed by atoms with E-state index >= 15 is 0 Å². The molecular formula is C75H104Cl6N36O16S5. The van der Waals surface area contributed by atoms with Gasteiger partial charge in [-0.3, -0.25) is 40.5 Å². The average Bonchev–Trinajstić information content (AvgIpc) is 1.47. The third kappa shape index (κ3) is 49.1. The molecule has 63 heteroatoms. The molecule has 12 rings (SSSR count). The van der Waals surface area contributed by atoms with Crippen LogP contribution in [-0.4, -0.2) is 297 Å². The van der Waals surface area contributed by atoms with Gasteiger partial charge in [-0.2, -0.15) is 27.3 Å². The van der Waals surface area contributed by atoms with Crippen LogP contribution in [0.3, 0.4) is 0 Å². The number of ether oxygens (including phenoxy) is 2. The second kappa shape index (κ2) is 66.2. The fraction of sp³-hybridized carbons (Fsp3) is 0.480. The lowest BCUT2D eigenvalue weighted by Gasteiger charge is -2.34. The number of thiazole rings is 3.